The molecule has 0 radical (unpaired) electrons. The standard InChI is InChI=1S/C19H19N3O3/c1-13(23)15-3-2-4-16(11-15)22-18(25)19(7-8-19)17(24)21-12-14-5-9-20-10-6-14/h2-6,9-11H,7-8,12H2,1H3,(H,21,24)(H,22,25). The molecular formula is C19H19N3O3. The average molecular weight is 337 g/mol. The lowest BCUT2D eigenvalue weighted by molar-refractivity contribution is -0.134. The van der Waals surface area contributed by atoms with Gasteiger partial charge in [0, 0.05) is 30.2 Å². The summed E-state index contributed by atoms with van der Waals surface area (Å²) >= 11 is 0. The lowest BCUT2D eigenvalue weighted by Gasteiger charge is -2.15. The largest absolute Gasteiger partial charge is 0.351 e. The number of benzene rings is 1. The fraction of sp³-hybridized carbons (Fsp3) is 0.263. The Morgan fingerprint density at radius 2 is 1.80 bits per heavy atom. The molecule has 1 saturated carbocycles. The van der Waals surface area contributed by atoms with Crippen molar-refractivity contribution in [2.75, 3.05) is 5.32 Å². The molecule has 1 fully saturated rings. The molecule has 0 atom stereocenters. The van der Waals surface area contributed by atoms with Gasteiger partial charge in [-0.15, -0.1) is 0 Å². The minimum Gasteiger partial charge on any atom is -0.351 e. The Morgan fingerprint density at radius 1 is 1.08 bits per heavy atom. The molecule has 1 aliphatic carbocycles. The zero-order valence-electron chi connectivity index (χ0n) is 13.9. The highest BCUT2D eigenvalue weighted by molar-refractivity contribution is 6.13. The van der Waals surface area contributed by atoms with Crippen molar-refractivity contribution in [1.82, 2.24) is 10.3 Å². The zero-order valence-corrected chi connectivity index (χ0v) is 13.9. The van der Waals surface area contributed by atoms with Crippen LogP contribution in [0.3, 0.4) is 0 Å². The van der Waals surface area contributed by atoms with Gasteiger partial charge in [-0.25, -0.2) is 0 Å². The van der Waals surface area contributed by atoms with Crippen molar-refractivity contribution < 1.29 is 14.4 Å². The minimum atomic E-state index is -1.01. The molecule has 6 nitrogen and oxygen atoms in total. The number of carbonyl (C=O) groups excluding carboxylic acids is 3. The molecule has 128 valence electrons. The lowest BCUT2D eigenvalue weighted by Crippen LogP contribution is -2.39. The van der Waals surface area contributed by atoms with Crippen molar-refractivity contribution in [2.24, 2.45) is 5.41 Å². The second kappa shape index (κ2) is 6.84. The van der Waals surface area contributed by atoms with Crippen LogP contribution >= 0.6 is 0 Å². The Balaban J connectivity index is 1.64. The van der Waals surface area contributed by atoms with Gasteiger partial charge in [0.1, 0.15) is 5.41 Å². The van der Waals surface area contributed by atoms with E-state index in [2.05, 4.69) is 15.6 Å². The van der Waals surface area contributed by atoms with Gasteiger partial charge in [-0.2, -0.15) is 0 Å². The van der Waals surface area contributed by atoms with Crippen LogP contribution in [0.1, 0.15) is 35.7 Å². The number of nitrogens with zero attached hydrogens (tertiary/aromatic N) is 1. The Morgan fingerprint density at radius 3 is 2.44 bits per heavy atom. The molecule has 1 aromatic carbocycles. The first kappa shape index (κ1) is 16.8. The molecule has 25 heavy (non-hydrogen) atoms. The first-order chi connectivity index (χ1) is 12.0. The average Bonchev–Trinajstić information content (AvgIpc) is 3.43. The summed E-state index contributed by atoms with van der Waals surface area (Å²) < 4.78 is 0. The highest BCUT2D eigenvalue weighted by Crippen LogP contribution is 2.46. The second-order valence-electron chi connectivity index (χ2n) is 6.21. The molecule has 6 heteroatoms. The van der Waals surface area contributed by atoms with Crippen LogP contribution < -0.4 is 10.6 Å². The number of amides is 2. The summed E-state index contributed by atoms with van der Waals surface area (Å²) in [5.41, 5.74) is 0.948. The third-order valence-corrected chi connectivity index (χ3v) is 4.35. The van der Waals surface area contributed by atoms with Crippen LogP contribution in [0, 0.1) is 5.41 Å². The van der Waals surface area contributed by atoms with E-state index in [1.807, 2.05) is 12.1 Å². The maximum absolute atomic E-state index is 12.6. The van der Waals surface area contributed by atoms with Crippen molar-refractivity contribution in [1.29, 1.82) is 0 Å². The first-order valence-electron chi connectivity index (χ1n) is 8.11. The molecule has 0 unspecified atom stereocenters. The number of ketones is 1. The van der Waals surface area contributed by atoms with Crippen LogP contribution in [0.2, 0.25) is 0 Å². The summed E-state index contributed by atoms with van der Waals surface area (Å²) in [5.74, 6) is -0.683. The van der Waals surface area contributed by atoms with Gasteiger partial charge in [0.2, 0.25) is 11.8 Å². The van der Waals surface area contributed by atoms with Crippen LogP contribution in [-0.4, -0.2) is 22.6 Å². The van der Waals surface area contributed by atoms with Gasteiger partial charge in [-0.3, -0.25) is 19.4 Å². The van der Waals surface area contributed by atoms with Crippen LogP contribution in [0.5, 0.6) is 0 Å². The number of rotatable bonds is 6. The number of Topliss-reactive ketones (excluding diaryl/α,β-unsaturated/α-hetero) is 1. The van der Waals surface area contributed by atoms with E-state index in [4.69, 9.17) is 0 Å². The molecule has 1 aliphatic rings. The Kier molecular flexibility index (Phi) is 4.61. The predicted octanol–water partition coefficient (Wildman–Crippen LogP) is 2.32. The van der Waals surface area contributed by atoms with Crippen molar-refractivity contribution in [3.8, 4) is 0 Å². The number of aromatic nitrogens is 1. The molecule has 0 saturated heterocycles. The van der Waals surface area contributed by atoms with Gasteiger partial charge >= 0.3 is 0 Å². The zero-order chi connectivity index (χ0) is 17.9. The van der Waals surface area contributed by atoms with Crippen LogP contribution in [0.15, 0.2) is 48.8 Å². The van der Waals surface area contributed by atoms with Crippen molar-refractivity contribution >= 4 is 23.3 Å². The molecule has 0 aliphatic heterocycles. The minimum absolute atomic E-state index is 0.0765. The Labute approximate surface area is 145 Å². The molecule has 2 N–H and O–H groups in total. The quantitative estimate of drug-likeness (QED) is 0.625. The third-order valence-electron chi connectivity index (χ3n) is 4.35. The van der Waals surface area contributed by atoms with Gasteiger partial charge in [0.15, 0.2) is 5.78 Å². The van der Waals surface area contributed by atoms with E-state index < -0.39 is 5.41 Å². The van der Waals surface area contributed by atoms with E-state index in [0.29, 0.717) is 30.6 Å². The van der Waals surface area contributed by atoms with Gasteiger partial charge in [0.05, 0.1) is 0 Å². The number of anilines is 1. The van der Waals surface area contributed by atoms with Crippen LogP contribution in [0.4, 0.5) is 5.69 Å². The van der Waals surface area contributed by atoms with Gasteiger partial charge in [0.25, 0.3) is 0 Å². The van der Waals surface area contributed by atoms with Crippen molar-refractivity contribution in [2.45, 2.75) is 26.3 Å². The predicted molar refractivity (Wildman–Crippen MR) is 92.8 cm³/mol. The van der Waals surface area contributed by atoms with E-state index in [1.54, 1.807) is 36.7 Å². The SMILES string of the molecule is CC(=O)c1cccc(NC(=O)C2(C(=O)NCc3ccncc3)CC2)c1. The summed E-state index contributed by atoms with van der Waals surface area (Å²) in [6.45, 7) is 1.83. The summed E-state index contributed by atoms with van der Waals surface area (Å²) in [6.07, 6.45) is 4.35. The second-order valence-corrected chi connectivity index (χ2v) is 6.21. The third kappa shape index (κ3) is 3.74. The Hall–Kier alpha value is -3.02. The summed E-state index contributed by atoms with van der Waals surface area (Å²) in [6, 6.07) is 10.3. The number of hydrogen-bond donors (Lipinski definition) is 2. The van der Waals surface area contributed by atoms with E-state index in [-0.39, 0.29) is 17.6 Å². The maximum atomic E-state index is 12.6. The summed E-state index contributed by atoms with van der Waals surface area (Å²) in [5, 5.41) is 5.57. The molecular weight excluding hydrogens is 318 g/mol. The Bertz CT molecular complexity index is 814. The molecule has 0 bridgehead atoms. The van der Waals surface area contributed by atoms with Gasteiger partial charge < -0.3 is 10.6 Å². The first-order valence-corrected chi connectivity index (χ1v) is 8.11. The number of nitrogens with one attached hydrogen (secondary N) is 2. The maximum Gasteiger partial charge on any atom is 0.240 e. The number of carbonyl (C=O) groups is 3. The van der Waals surface area contributed by atoms with Crippen LogP contribution in [-0.2, 0) is 16.1 Å². The normalized spacial score (nSPS) is 14.4. The molecule has 1 heterocycles. The highest BCUT2D eigenvalue weighted by atomic mass is 16.2. The molecule has 1 aromatic heterocycles. The molecule has 0 spiro atoms. The van der Waals surface area contributed by atoms with E-state index in [0.717, 1.165) is 5.56 Å². The van der Waals surface area contributed by atoms with Crippen molar-refractivity contribution in [3.63, 3.8) is 0 Å². The van der Waals surface area contributed by atoms with Crippen LogP contribution in [0.25, 0.3) is 0 Å². The summed E-state index contributed by atoms with van der Waals surface area (Å²) in [7, 11) is 0. The topological polar surface area (TPSA) is 88.2 Å². The lowest BCUT2D eigenvalue weighted by atomic mass is 10.0. The fourth-order valence-corrected chi connectivity index (χ4v) is 2.60. The van der Waals surface area contributed by atoms with E-state index in [1.165, 1.54) is 6.92 Å². The summed E-state index contributed by atoms with van der Waals surface area (Å²) in [4.78, 5) is 40.4. The smallest absolute Gasteiger partial charge is 0.240 e. The number of pyridine rings is 1. The monoisotopic (exact) mass is 337 g/mol. The number of hydrogen-bond acceptors (Lipinski definition) is 4. The van der Waals surface area contributed by atoms with Gasteiger partial charge in [-0.1, -0.05) is 12.1 Å². The molecule has 2 aromatic rings. The van der Waals surface area contributed by atoms with Gasteiger partial charge in [-0.05, 0) is 49.6 Å². The highest BCUT2D eigenvalue weighted by Gasteiger charge is 2.56. The van der Waals surface area contributed by atoms with Crippen molar-refractivity contribution in [3.05, 3.63) is 59.9 Å². The molecule has 3 rings (SSSR count). The molecule has 2 amide bonds. The van der Waals surface area contributed by atoms with E-state index >= 15 is 0 Å². The fourth-order valence-electron chi connectivity index (χ4n) is 2.60. The van der Waals surface area contributed by atoms with E-state index in [9.17, 15) is 14.4 Å².